The molecule has 0 aliphatic rings. The van der Waals surface area contributed by atoms with Gasteiger partial charge in [0.05, 0.1) is 37.9 Å². The second-order valence-corrected chi connectivity index (χ2v) is 21.1. The highest BCUT2D eigenvalue weighted by atomic mass is 16.5. The van der Waals surface area contributed by atoms with Crippen LogP contribution in [0.3, 0.4) is 0 Å². The van der Waals surface area contributed by atoms with E-state index in [-0.39, 0.29) is 19.8 Å². The Hall–Kier alpha value is -9.66. The summed E-state index contributed by atoms with van der Waals surface area (Å²) in [6.07, 6.45) is -1.88. The monoisotopic (exact) mass is 1220 g/mol. The number of aromatic amines is 3. The van der Waals surface area contributed by atoms with E-state index in [4.69, 9.17) is 42.6 Å². The molecule has 90 heavy (non-hydrogen) atoms. The van der Waals surface area contributed by atoms with Gasteiger partial charge in [-0.05, 0) is 91.0 Å². The zero-order chi connectivity index (χ0) is 62.3. The van der Waals surface area contributed by atoms with E-state index in [2.05, 4.69) is 49.1 Å². The number of hydrogen-bond donors (Lipinski definition) is 9. The second kappa shape index (κ2) is 32.5. The average molecular weight is 1220 g/mol. The molecule has 0 aliphatic heterocycles. The lowest BCUT2D eigenvalue weighted by Crippen LogP contribution is -2.33. The predicted molar refractivity (Wildman–Crippen MR) is 356 cm³/mol. The van der Waals surface area contributed by atoms with Crippen molar-refractivity contribution in [3.8, 4) is 51.7 Å². The molecule has 18 heteroatoms. The number of benzene rings is 9. The van der Waals surface area contributed by atoms with Gasteiger partial charge in [-0.1, -0.05) is 109 Å². The highest BCUT2D eigenvalue weighted by Gasteiger charge is 2.16. The van der Waals surface area contributed by atoms with E-state index < -0.39 is 18.3 Å². The predicted octanol–water partition coefficient (Wildman–Crippen LogP) is 11.2. The molecule has 12 aromatic rings. The second-order valence-electron chi connectivity index (χ2n) is 21.1. The van der Waals surface area contributed by atoms with Crippen molar-refractivity contribution in [3.05, 3.63) is 200 Å². The molecular formula is C72H78N6O12. The first-order valence-corrected chi connectivity index (χ1v) is 30.1. The Morgan fingerprint density at radius 2 is 0.533 bits per heavy atom. The Bertz CT molecular complexity index is 3750. The molecule has 0 bridgehead atoms. The lowest BCUT2D eigenvalue weighted by molar-refractivity contribution is 0.106. The van der Waals surface area contributed by atoms with E-state index in [1.807, 2.05) is 182 Å². The highest BCUT2D eigenvalue weighted by molar-refractivity contribution is 6.12. The van der Waals surface area contributed by atoms with Crippen LogP contribution in [0, 0.1) is 0 Å². The van der Waals surface area contributed by atoms with Crippen LogP contribution in [0.2, 0.25) is 0 Å². The Balaban J connectivity index is 0.000000148. The number of aromatic nitrogens is 3. The van der Waals surface area contributed by atoms with Crippen molar-refractivity contribution in [1.82, 2.24) is 30.9 Å². The maximum absolute atomic E-state index is 10.3. The van der Waals surface area contributed by atoms with Gasteiger partial charge in [0.1, 0.15) is 75.2 Å². The van der Waals surface area contributed by atoms with E-state index in [9.17, 15) is 15.3 Å². The van der Waals surface area contributed by atoms with Gasteiger partial charge in [0.2, 0.25) is 0 Å². The lowest BCUT2D eigenvalue weighted by atomic mass is 10.1. The van der Waals surface area contributed by atoms with Crippen LogP contribution in [0.25, 0.3) is 65.4 Å². The van der Waals surface area contributed by atoms with E-state index in [1.54, 1.807) is 21.3 Å². The van der Waals surface area contributed by atoms with Crippen molar-refractivity contribution in [2.24, 2.45) is 0 Å². The van der Waals surface area contributed by atoms with Crippen LogP contribution in [0.1, 0.15) is 0 Å². The third-order valence-corrected chi connectivity index (χ3v) is 14.7. The molecule has 0 saturated heterocycles. The molecule has 9 N–H and O–H groups in total. The zero-order valence-electron chi connectivity index (χ0n) is 50.8. The molecule has 0 spiro atoms. The Labute approximate surface area is 522 Å². The normalized spacial score (nSPS) is 12.2. The molecule has 18 nitrogen and oxygen atoms in total. The Morgan fingerprint density at radius 1 is 0.289 bits per heavy atom. The Morgan fingerprint density at radius 3 is 0.822 bits per heavy atom. The van der Waals surface area contributed by atoms with Gasteiger partial charge in [-0.15, -0.1) is 0 Å². The van der Waals surface area contributed by atoms with Gasteiger partial charge in [-0.3, -0.25) is 0 Å². The van der Waals surface area contributed by atoms with Crippen LogP contribution in [0.4, 0.5) is 0 Å². The van der Waals surface area contributed by atoms with Crippen molar-refractivity contribution < 1.29 is 58.0 Å². The molecule has 0 amide bonds. The molecule has 0 fully saturated rings. The fraction of sp³-hybridized carbons (Fsp3) is 0.250. The molecule has 468 valence electrons. The number of nitrogens with one attached hydrogen (secondary N) is 6. The average Bonchev–Trinajstić information content (AvgIpc) is 1.97. The third-order valence-electron chi connectivity index (χ3n) is 14.7. The number of aliphatic hydroxyl groups is 3. The lowest BCUT2D eigenvalue weighted by Gasteiger charge is -2.15. The van der Waals surface area contributed by atoms with E-state index in [0.29, 0.717) is 93.6 Å². The van der Waals surface area contributed by atoms with Crippen LogP contribution in [0.5, 0.6) is 51.7 Å². The molecule has 0 saturated carbocycles. The first-order chi connectivity index (χ1) is 44.3. The summed E-state index contributed by atoms with van der Waals surface area (Å²) in [5.41, 5.74) is 6.28. The third kappa shape index (κ3) is 16.7. The first-order valence-electron chi connectivity index (χ1n) is 30.1. The van der Waals surface area contributed by atoms with Gasteiger partial charge in [-0.25, -0.2) is 0 Å². The van der Waals surface area contributed by atoms with Crippen molar-refractivity contribution in [3.63, 3.8) is 0 Å². The Kier molecular flexibility index (Phi) is 22.9. The van der Waals surface area contributed by atoms with Crippen LogP contribution in [-0.2, 0) is 0 Å². The van der Waals surface area contributed by atoms with Crippen LogP contribution in [-0.4, -0.2) is 149 Å². The largest absolute Gasteiger partial charge is 0.493 e. The molecule has 0 aliphatic carbocycles. The summed E-state index contributed by atoms with van der Waals surface area (Å²) in [6, 6.07) is 64.7. The number of methoxy groups -OCH3 is 3. The van der Waals surface area contributed by atoms with Gasteiger partial charge < -0.3 is 88.9 Å². The number of ether oxygens (including phenoxy) is 9. The van der Waals surface area contributed by atoms with Gasteiger partial charge in [0.15, 0.2) is 34.5 Å². The molecule has 3 heterocycles. The van der Waals surface area contributed by atoms with E-state index in [0.717, 1.165) is 82.7 Å². The number of aliphatic hydroxyl groups excluding tert-OH is 3. The van der Waals surface area contributed by atoms with Gasteiger partial charge in [0, 0.05) is 88.1 Å². The topological polar surface area (TPSA) is 227 Å². The quantitative estimate of drug-likeness (QED) is 0.0191. The van der Waals surface area contributed by atoms with Crippen LogP contribution in [0.15, 0.2) is 200 Å². The SMILES string of the molecule is COc1ccccc1OCCNCC(O)COc1cccc2[nH]c3ccccc3c12.COc1ccccc1OCCNCC(O)COc1cccc2[nH]c3ccccc3c12.COc1ccccc1OCCNCC(O)COc1cccc2[nH]c3ccccc3c12. The molecule has 3 aromatic heterocycles. The van der Waals surface area contributed by atoms with Crippen LogP contribution < -0.4 is 58.6 Å². The summed E-state index contributed by atoms with van der Waals surface area (Å²) in [4.78, 5) is 10.2. The van der Waals surface area contributed by atoms with Crippen LogP contribution >= 0.6 is 0 Å². The first kappa shape index (κ1) is 63.4. The van der Waals surface area contributed by atoms with Crippen molar-refractivity contribution in [1.29, 1.82) is 0 Å². The minimum atomic E-state index is -0.628. The number of fused-ring (bicyclic) bond motifs is 9. The molecular weight excluding hydrogens is 1140 g/mol. The summed E-state index contributed by atoms with van der Waals surface area (Å²) in [7, 11) is 4.86. The van der Waals surface area contributed by atoms with Crippen molar-refractivity contribution >= 4 is 65.4 Å². The fourth-order valence-electron chi connectivity index (χ4n) is 10.4. The minimum absolute atomic E-state index is 0.207. The summed E-state index contributed by atoms with van der Waals surface area (Å²) < 4.78 is 50.8. The summed E-state index contributed by atoms with van der Waals surface area (Å²) in [5, 5.41) is 46.9. The van der Waals surface area contributed by atoms with Crippen molar-refractivity contribution in [2.75, 3.05) is 100 Å². The number of hydrogen-bond acceptors (Lipinski definition) is 15. The smallest absolute Gasteiger partial charge is 0.161 e. The molecule has 12 rings (SSSR count). The maximum atomic E-state index is 10.3. The molecule has 3 atom stereocenters. The molecule has 3 unspecified atom stereocenters. The molecule has 9 aromatic carbocycles. The van der Waals surface area contributed by atoms with Gasteiger partial charge in [0.25, 0.3) is 0 Å². The van der Waals surface area contributed by atoms with Gasteiger partial charge >= 0.3 is 0 Å². The number of para-hydroxylation sites is 9. The summed E-state index contributed by atoms with van der Waals surface area (Å²) in [5.74, 6) is 6.54. The zero-order valence-corrected chi connectivity index (χ0v) is 50.8. The van der Waals surface area contributed by atoms with E-state index in [1.165, 1.54) is 0 Å². The standard InChI is InChI=1S/3C24H26N2O4/c3*1-28-21-10-4-5-11-22(21)29-14-13-25-15-17(27)16-30-23-12-6-9-20-24(23)18-7-2-3-8-19(18)26-20/h3*2-12,17,25-27H,13-16H2,1H3. The minimum Gasteiger partial charge on any atom is -0.493 e. The maximum Gasteiger partial charge on any atom is 0.161 e. The summed E-state index contributed by atoms with van der Waals surface area (Å²) in [6.45, 7) is 5.11. The fourth-order valence-corrected chi connectivity index (χ4v) is 10.4. The number of rotatable bonds is 30. The number of H-pyrrole nitrogens is 3. The van der Waals surface area contributed by atoms with E-state index >= 15 is 0 Å². The summed E-state index contributed by atoms with van der Waals surface area (Å²) >= 11 is 0. The highest BCUT2D eigenvalue weighted by Crippen LogP contribution is 2.36. The molecule has 0 radical (unpaired) electrons. The van der Waals surface area contributed by atoms with Crippen molar-refractivity contribution in [2.45, 2.75) is 18.3 Å². The van der Waals surface area contributed by atoms with Gasteiger partial charge in [-0.2, -0.15) is 0 Å².